The normalized spacial score (nSPS) is 13.0. The van der Waals surface area contributed by atoms with Gasteiger partial charge in [0.1, 0.15) is 0 Å². The summed E-state index contributed by atoms with van der Waals surface area (Å²) in [7, 11) is -7.44. The van der Waals surface area contributed by atoms with Gasteiger partial charge in [-0.25, -0.2) is 26.5 Å². The molecule has 2 aromatic carbocycles. The van der Waals surface area contributed by atoms with Gasteiger partial charge in [0, 0.05) is 22.8 Å². The van der Waals surface area contributed by atoms with Crippen molar-refractivity contribution in [1.82, 2.24) is 9.71 Å². The molecule has 1 heterocycles. The van der Waals surface area contributed by atoms with Crippen LogP contribution in [0.25, 0.3) is 0 Å². The van der Waals surface area contributed by atoms with E-state index in [-0.39, 0.29) is 21.0 Å². The van der Waals surface area contributed by atoms with Gasteiger partial charge in [0.05, 0.1) is 16.7 Å². The second-order valence-electron chi connectivity index (χ2n) is 6.88. The number of pyridine rings is 1. The van der Waals surface area contributed by atoms with Crippen molar-refractivity contribution in [3.63, 3.8) is 0 Å². The maximum absolute atomic E-state index is 13.1. The number of benzene rings is 2. The summed E-state index contributed by atoms with van der Waals surface area (Å²) in [6, 6.07) is 14.3. The van der Waals surface area contributed by atoms with Gasteiger partial charge in [-0.15, -0.1) is 0 Å². The van der Waals surface area contributed by atoms with Crippen molar-refractivity contribution in [3.05, 3.63) is 88.6 Å². The van der Waals surface area contributed by atoms with Crippen LogP contribution in [0.5, 0.6) is 0 Å². The molecule has 162 valence electrons. The lowest BCUT2D eigenvalue weighted by Gasteiger charge is -2.13. The van der Waals surface area contributed by atoms with E-state index >= 15 is 0 Å². The van der Waals surface area contributed by atoms with Crippen LogP contribution in [0.1, 0.15) is 34.5 Å². The minimum atomic E-state index is -4.05. The summed E-state index contributed by atoms with van der Waals surface area (Å²) in [6.45, 7) is 1.68. The van der Waals surface area contributed by atoms with Crippen molar-refractivity contribution < 1.29 is 21.6 Å². The molecule has 0 unspecified atom stereocenters. The number of carbonyl (C=O) groups excluding carboxylic acids is 1. The first-order valence-corrected chi connectivity index (χ1v) is 12.8. The first-order valence-electron chi connectivity index (χ1n) is 9.06. The van der Waals surface area contributed by atoms with Crippen molar-refractivity contribution in [2.24, 2.45) is 0 Å². The molecule has 3 rings (SSSR count). The van der Waals surface area contributed by atoms with E-state index in [1.807, 2.05) is 0 Å². The minimum absolute atomic E-state index is 0.0272. The predicted molar refractivity (Wildman–Crippen MR) is 117 cm³/mol. The largest absolute Gasteiger partial charge is 0.289 e. The van der Waals surface area contributed by atoms with Gasteiger partial charge in [0.2, 0.25) is 19.9 Å². The molecular weight excluding hydrogens is 460 g/mol. The number of ketones is 1. The van der Waals surface area contributed by atoms with E-state index in [4.69, 9.17) is 11.6 Å². The molecule has 1 aromatic heterocycles. The Hall–Kier alpha value is -2.59. The lowest BCUT2D eigenvalue weighted by Crippen LogP contribution is -2.25. The predicted octanol–water partition coefficient (Wildman–Crippen LogP) is 3.41. The van der Waals surface area contributed by atoms with Gasteiger partial charge in [-0.1, -0.05) is 35.9 Å². The van der Waals surface area contributed by atoms with E-state index in [0.29, 0.717) is 10.6 Å². The zero-order chi connectivity index (χ0) is 22.8. The lowest BCUT2D eigenvalue weighted by molar-refractivity contribution is 0.103. The molecule has 7 nitrogen and oxygen atoms in total. The van der Waals surface area contributed by atoms with Gasteiger partial charge in [-0.2, -0.15) is 0 Å². The molecular formula is C21H19ClN2O5S2. The summed E-state index contributed by atoms with van der Waals surface area (Å²) in [5.74, 6) is -0.518. The van der Waals surface area contributed by atoms with Gasteiger partial charge in [0.25, 0.3) is 0 Å². The number of hydrogen-bond donors (Lipinski definition) is 1. The first kappa shape index (κ1) is 23.1. The highest BCUT2D eigenvalue weighted by Gasteiger charge is 2.26. The molecule has 0 saturated carbocycles. The van der Waals surface area contributed by atoms with E-state index in [1.165, 1.54) is 54.7 Å². The molecule has 0 fully saturated rings. The van der Waals surface area contributed by atoms with Gasteiger partial charge >= 0.3 is 0 Å². The summed E-state index contributed by atoms with van der Waals surface area (Å²) in [5, 5.41) is 0.0365. The van der Waals surface area contributed by atoms with Gasteiger partial charge < -0.3 is 0 Å². The highest BCUT2D eigenvalue weighted by Crippen LogP contribution is 2.25. The SMILES string of the molecule is C[C@H](NS(C)(=O)=O)c1ccc(C(=O)c2cccnc2S(=O)(=O)c2ccc(Cl)cc2)cc1. The molecule has 1 atom stereocenters. The first-order chi connectivity index (χ1) is 14.5. The number of nitrogens with one attached hydrogen (secondary N) is 1. The lowest BCUT2D eigenvalue weighted by atomic mass is 10.0. The molecule has 0 aliphatic heterocycles. The number of rotatable bonds is 7. The smallest absolute Gasteiger partial charge is 0.224 e. The zero-order valence-electron chi connectivity index (χ0n) is 16.6. The van der Waals surface area contributed by atoms with Crippen LogP contribution in [0.3, 0.4) is 0 Å². The Morgan fingerprint density at radius 2 is 1.58 bits per heavy atom. The topological polar surface area (TPSA) is 110 Å². The average molecular weight is 479 g/mol. The molecule has 0 saturated heterocycles. The highest BCUT2D eigenvalue weighted by molar-refractivity contribution is 7.91. The third kappa shape index (κ3) is 5.37. The van der Waals surface area contributed by atoms with Gasteiger partial charge in [0.15, 0.2) is 10.8 Å². The maximum atomic E-state index is 13.1. The van der Waals surface area contributed by atoms with Gasteiger partial charge in [-0.05, 0) is 48.9 Å². The number of sulfonamides is 1. The highest BCUT2D eigenvalue weighted by atomic mass is 35.5. The second-order valence-corrected chi connectivity index (χ2v) is 11.0. The van der Waals surface area contributed by atoms with E-state index in [9.17, 15) is 21.6 Å². The summed E-state index contributed by atoms with van der Waals surface area (Å²) >= 11 is 5.84. The number of carbonyl (C=O) groups is 1. The summed E-state index contributed by atoms with van der Waals surface area (Å²) < 4.78 is 51.4. The fourth-order valence-corrected chi connectivity index (χ4v) is 5.24. The zero-order valence-corrected chi connectivity index (χ0v) is 19.0. The quantitative estimate of drug-likeness (QED) is 0.521. The van der Waals surface area contributed by atoms with Crippen LogP contribution in [-0.4, -0.2) is 33.9 Å². The Morgan fingerprint density at radius 3 is 2.16 bits per heavy atom. The molecule has 10 heteroatoms. The molecule has 0 aliphatic rings. The molecule has 0 bridgehead atoms. The molecule has 0 aliphatic carbocycles. The fraction of sp³-hybridized carbons (Fsp3) is 0.143. The molecule has 0 radical (unpaired) electrons. The summed E-state index contributed by atoms with van der Waals surface area (Å²) in [6.07, 6.45) is 2.37. The molecule has 1 N–H and O–H groups in total. The number of nitrogens with zero attached hydrogens (tertiary/aromatic N) is 1. The average Bonchev–Trinajstić information content (AvgIpc) is 2.72. The summed E-state index contributed by atoms with van der Waals surface area (Å²) in [5.41, 5.74) is 0.838. The fourth-order valence-electron chi connectivity index (χ4n) is 2.97. The van der Waals surface area contributed by atoms with E-state index in [2.05, 4.69) is 9.71 Å². The Labute approximate surface area is 186 Å². The van der Waals surface area contributed by atoms with E-state index in [0.717, 1.165) is 6.26 Å². The van der Waals surface area contributed by atoms with Crippen LogP contribution in [0, 0.1) is 0 Å². The van der Waals surface area contributed by atoms with Crippen molar-refractivity contribution in [2.45, 2.75) is 22.9 Å². The van der Waals surface area contributed by atoms with Crippen molar-refractivity contribution in [3.8, 4) is 0 Å². The van der Waals surface area contributed by atoms with E-state index < -0.39 is 31.7 Å². The Bertz CT molecular complexity index is 1320. The second kappa shape index (κ2) is 8.88. The van der Waals surface area contributed by atoms with E-state index in [1.54, 1.807) is 19.1 Å². The molecule has 31 heavy (non-hydrogen) atoms. The minimum Gasteiger partial charge on any atom is -0.289 e. The third-order valence-corrected chi connectivity index (χ3v) is 7.22. The molecule has 0 spiro atoms. The molecule has 0 amide bonds. The van der Waals surface area contributed by atoms with Crippen LogP contribution in [0.2, 0.25) is 5.02 Å². The van der Waals surface area contributed by atoms with Crippen LogP contribution >= 0.6 is 11.6 Å². The Morgan fingerprint density at radius 1 is 0.968 bits per heavy atom. The maximum Gasteiger partial charge on any atom is 0.224 e. The van der Waals surface area contributed by atoms with Gasteiger partial charge in [-0.3, -0.25) is 4.79 Å². The van der Waals surface area contributed by atoms with Crippen molar-refractivity contribution >= 4 is 37.2 Å². The number of aromatic nitrogens is 1. The number of hydrogen-bond acceptors (Lipinski definition) is 6. The van der Waals surface area contributed by atoms with Crippen molar-refractivity contribution in [2.75, 3.05) is 6.26 Å². The monoisotopic (exact) mass is 478 g/mol. The van der Waals surface area contributed by atoms with Crippen LogP contribution in [0.4, 0.5) is 0 Å². The van der Waals surface area contributed by atoms with Crippen molar-refractivity contribution in [1.29, 1.82) is 0 Å². The number of sulfone groups is 1. The Kier molecular flexibility index (Phi) is 6.61. The Balaban J connectivity index is 1.96. The standard InChI is InChI=1S/C21H19ClN2O5S2/c1-14(24-30(2,26)27)15-5-7-16(8-6-15)20(25)19-4-3-13-23-21(19)31(28,29)18-11-9-17(22)10-12-18/h3-14,24H,1-2H3/t14-/m0/s1. The molecule has 3 aromatic rings. The summed E-state index contributed by atoms with van der Waals surface area (Å²) in [4.78, 5) is 17.0. The van der Waals surface area contributed by atoms with Crippen LogP contribution in [0.15, 0.2) is 76.8 Å². The third-order valence-electron chi connectivity index (χ3n) is 4.46. The number of halogens is 1. The van der Waals surface area contributed by atoms with Crippen LogP contribution in [-0.2, 0) is 19.9 Å². The van der Waals surface area contributed by atoms with Crippen LogP contribution < -0.4 is 4.72 Å².